The van der Waals surface area contributed by atoms with Crippen molar-refractivity contribution >= 4 is 17.5 Å². The Labute approximate surface area is 127 Å². The lowest BCUT2D eigenvalue weighted by Gasteiger charge is -2.27. The minimum Gasteiger partial charge on any atom is -0.332 e. The Morgan fingerprint density at radius 2 is 2.10 bits per heavy atom. The van der Waals surface area contributed by atoms with Gasteiger partial charge in [0.15, 0.2) is 5.69 Å². The molecule has 21 heavy (non-hydrogen) atoms. The van der Waals surface area contributed by atoms with Gasteiger partial charge in [-0.3, -0.25) is 15.0 Å². The van der Waals surface area contributed by atoms with Crippen LogP contribution >= 0.6 is 11.6 Å². The predicted octanol–water partition coefficient (Wildman–Crippen LogP) is 2.42. The second-order valence-corrected chi connectivity index (χ2v) is 6.09. The van der Waals surface area contributed by atoms with Crippen molar-refractivity contribution in [2.45, 2.75) is 39.7 Å². The monoisotopic (exact) mass is 307 g/mol. The average molecular weight is 308 g/mol. The fourth-order valence-electron chi connectivity index (χ4n) is 2.68. The van der Waals surface area contributed by atoms with Gasteiger partial charge >= 0.3 is 0 Å². The summed E-state index contributed by atoms with van der Waals surface area (Å²) in [5.41, 5.74) is 4.31. The summed E-state index contributed by atoms with van der Waals surface area (Å²) in [5, 5.41) is 14.6. The van der Waals surface area contributed by atoms with Crippen LogP contribution in [0, 0.1) is 6.92 Å². The standard InChI is InChI=1S/C14H18ClN5O/c1-7(2)12-9-6-20(5-4-10(9)17-18-12)14(21)13-11(15)8(3)16-19-13/h7H,4-6H2,1-3H3,(H,16,19)(H,17,18). The highest BCUT2D eigenvalue weighted by Crippen LogP contribution is 2.27. The Morgan fingerprint density at radius 3 is 2.71 bits per heavy atom. The predicted molar refractivity (Wildman–Crippen MR) is 79.5 cm³/mol. The summed E-state index contributed by atoms with van der Waals surface area (Å²) in [6.45, 7) is 7.21. The molecule has 0 spiro atoms. The van der Waals surface area contributed by atoms with Crippen molar-refractivity contribution in [3.8, 4) is 0 Å². The number of nitrogens with one attached hydrogen (secondary N) is 2. The van der Waals surface area contributed by atoms with Gasteiger partial charge in [0.05, 0.1) is 16.4 Å². The minimum atomic E-state index is -0.133. The van der Waals surface area contributed by atoms with Gasteiger partial charge in [-0.05, 0) is 12.8 Å². The molecule has 0 atom stereocenters. The van der Waals surface area contributed by atoms with Crippen molar-refractivity contribution in [2.24, 2.45) is 0 Å². The molecular formula is C14H18ClN5O. The SMILES string of the molecule is Cc1[nH]nc(C(=O)N2CCc3[nH]nc(C(C)C)c3C2)c1Cl. The molecule has 2 aromatic rings. The summed E-state index contributed by atoms with van der Waals surface area (Å²) < 4.78 is 0. The maximum Gasteiger partial charge on any atom is 0.276 e. The zero-order chi connectivity index (χ0) is 15.1. The first-order valence-corrected chi connectivity index (χ1v) is 7.42. The smallest absolute Gasteiger partial charge is 0.276 e. The molecule has 3 heterocycles. The van der Waals surface area contributed by atoms with Crippen LogP contribution in [-0.4, -0.2) is 37.7 Å². The van der Waals surface area contributed by atoms with E-state index in [-0.39, 0.29) is 5.91 Å². The van der Waals surface area contributed by atoms with Gasteiger partial charge in [-0.1, -0.05) is 25.4 Å². The molecule has 0 saturated carbocycles. The Bertz CT molecular complexity index is 688. The fraction of sp³-hybridized carbons (Fsp3) is 0.500. The van der Waals surface area contributed by atoms with Gasteiger partial charge in [0.1, 0.15) is 0 Å². The Kier molecular flexibility index (Phi) is 3.49. The number of halogens is 1. The summed E-state index contributed by atoms with van der Waals surface area (Å²) in [6, 6.07) is 0. The highest BCUT2D eigenvalue weighted by Gasteiger charge is 2.29. The number of aromatic nitrogens is 4. The van der Waals surface area contributed by atoms with Gasteiger partial charge in [0.25, 0.3) is 5.91 Å². The van der Waals surface area contributed by atoms with Gasteiger partial charge in [-0.25, -0.2) is 0 Å². The molecule has 112 valence electrons. The number of rotatable bonds is 2. The molecule has 2 N–H and O–H groups in total. The highest BCUT2D eigenvalue weighted by molar-refractivity contribution is 6.34. The van der Waals surface area contributed by atoms with Gasteiger partial charge in [-0.2, -0.15) is 10.2 Å². The lowest BCUT2D eigenvalue weighted by molar-refractivity contribution is 0.0728. The van der Waals surface area contributed by atoms with E-state index in [0.29, 0.717) is 35.4 Å². The van der Waals surface area contributed by atoms with Crippen LogP contribution in [-0.2, 0) is 13.0 Å². The van der Waals surface area contributed by atoms with Crippen LogP contribution in [0.4, 0.5) is 0 Å². The van der Waals surface area contributed by atoms with Crippen LogP contribution < -0.4 is 0 Å². The number of hydrogen-bond acceptors (Lipinski definition) is 3. The van der Waals surface area contributed by atoms with E-state index >= 15 is 0 Å². The van der Waals surface area contributed by atoms with Crippen molar-refractivity contribution < 1.29 is 4.79 Å². The van der Waals surface area contributed by atoms with Crippen LogP contribution in [0.5, 0.6) is 0 Å². The zero-order valence-corrected chi connectivity index (χ0v) is 13.1. The average Bonchev–Trinajstić information content (AvgIpc) is 3.02. The molecule has 0 fully saturated rings. The van der Waals surface area contributed by atoms with Crippen molar-refractivity contribution in [3.05, 3.63) is 33.4 Å². The van der Waals surface area contributed by atoms with E-state index in [1.807, 2.05) is 0 Å². The van der Waals surface area contributed by atoms with Gasteiger partial charge in [-0.15, -0.1) is 0 Å². The molecule has 0 unspecified atom stereocenters. The van der Waals surface area contributed by atoms with Crippen LogP contribution in [0.2, 0.25) is 5.02 Å². The van der Waals surface area contributed by atoms with E-state index in [0.717, 1.165) is 23.4 Å². The third-order valence-corrected chi connectivity index (χ3v) is 4.34. The molecule has 0 aliphatic carbocycles. The Balaban J connectivity index is 1.87. The van der Waals surface area contributed by atoms with Crippen molar-refractivity contribution in [2.75, 3.05) is 6.54 Å². The van der Waals surface area contributed by atoms with Crippen LogP contribution in [0.3, 0.4) is 0 Å². The molecule has 1 aliphatic rings. The number of amides is 1. The van der Waals surface area contributed by atoms with E-state index in [1.165, 1.54) is 0 Å². The first-order valence-electron chi connectivity index (χ1n) is 7.04. The minimum absolute atomic E-state index is 0.133. The molecular weight excluding hydrogens is 290 g/mol. The van der Waals surface area contributed by atoms with Gasteiger partial charge in [0.2, 0.25) is 0 Å². The summed E-state index contributed by atoms with van der Waals surface area (Å²) in [5.74, 6) is 0.196. The second kappa shape index (κ2) is 5.18. The van der Waals surface area contributed by atoms with Crippen molar-refractivity contribution in [1.29, 1.82) is 0 Å². The van der Waals surface area contributed by atoms with Crippen LogP contribution in [0.15, 0.2) is 0 Å². The molecule has 6 nitrogen and oxygen atoms in total. The molecule has 7 heteroatoms. The third-order valence-electron chi connectivity index (χ3n) is 3.87. The van der Waals surface area contributed by atoms with E-state index < -0.39 is 0 Å². The number of aromatic amines is 2. The quantitative estimate of drug-likeness (QED) is 0.894. The van der Waals surface area contributed by atoms with E-state index in [2.05, 4.69) is 34.2 Å². The van der Waals surface area contributed by atoms with Gasteiger partial charge in [0, 0.05) is 30.8 Å². The maximum atomic E-state index is 12.6. The number of aryl methyl sites for hydroxylation is 1. The first kappa shape index (κ1) is 14.1. The maximum absolute atomic E-state index is 12.6. The van der Waals surface area contributed by atoms with Crippen LogP contribution in [0.1, 0.15) is 52.9 Å². The normalized spacial score (nSPS) is 14.6. The molecule has 1 aliphatic heterocycles. The number of carbonyl (C=O) groups excluding carboxylic acids is 1. The zero-order valence-electron chi connectivity index (χ0n) is 12.3. The Morgan fingerprint density at radius 1 is 1.33 bits per heavy atom. The molecule has 2 aromatic heterocycles. The van der Waals surface area contributed by atoms with Crippen molar-refractivity contribution in [3.63, 3.8) is 0 Å². The Hall–Kier alpha value is -1.82. The summed E-state index contributed by atoms with van der Waals surface area (Å²) in [4.78, 5) is 14.4. The van der Waals surface area contributed by atoms with Crippen LogP contribution in [0.25, 0.3) is 0 Å². The molecule has 1 amide bonds. The topological polar surface area (TPSA) is 77.7 Å². The molecule has 3 rings (SSSR count). The lowest BCUT2D eigenvalue weighted by Crippen LogP contribution is -2.36. The molecule has 0 aromatic carbocycles. The largest absolute Gasteiger partial charge is 0.332 e. The number of hydrogen-bond donors (Lipinski definition) is 2. The third kappa shape index (κ3) is 2.33. The number of H-pyrrole nitrogens is 2. The number of nitrogens with zero attached hydrogens (tertiary/aromatic N) is 3. The highest BCUT2D eigenvalue weighted by atomic mass is 35.5. The van der Waals surface area contributed by atoms with E-state index in [1.54, 1.807) is 11.8 Å². The lowest BCUT2D eigenvalue weighted by atomic mass is 9.99. The number of fused-ring (bicyclic) bond motifs is 1. The molecule has 0 radical (unpaired) electrons. The second-order valence-electron chi connectivity index (χ2n) is 5.71. The first-order chi connectivity index (χ1) is 9.99. The van der Waals surface area contributed by atoms with E-state index in [9.17, 15) is 4.79 Å². The van der Waals surface area contributed by atoms with E-state index in [4.69, 9.17) is 11.6 Å². The van der Waals surface area contributed by atoms with Gasteiger partial charge < -0.3 is 4.90 Å². The molecule has 0 saturated heterocycles. The molecule has 0 bridgehead atoms. The number of carbonyl (C=O) groups is 1. The fourth-order valence-corrected chi connectivity index (χ4v) is 2.84. The summed E-state index contributed by atoms with van der Waals surface area (Å²) in [7, 11) is 0. The summed E-state index contributed by atoms with van der Waals surface area (Å²) in [6.07, 6.45) is 0.780. The summed E-state index contributed by atoms with van der Waals surface area (Å²) >= 11 is 6.12. The van der Waals surface area contributed by atoms with Crippen molar-refractivity contribution in [1.82, 2.24) is 25.3 Å².